The number of thiazole rings is 1. The predicted octanol–water partition coefficient (Wildman–Crippen LogP) is 4.06. The number of hydrogen-bond donors (Lipinski definition) is 1. The third kappa shape index (κ3) is 2.94. The molecule has 0 fully saturated rings. The van der Waals surface area contributed by atoms with Gasteiger partial charge in [0.2, 0.25) is 0 Å². The zero-order chi connectivity index (χ0) is 18.3. The Balaban J connectivity index is 1.63. The van der Waals surface area contributed by atoms with Crippen LogP contribution in [0.15, 0.2) is 29.9 Å². The van der Waals surface area contributed by atoms with Gasteiger partial charge >= 0.3 is 0 Å². The Labute approximate surface area is 157 Å². The third-order valence-corrected chi connectivity index (χ3v) is 6.10. The molecule has 1 aliphatic rings. The standard InChI is InChI=1S/C20H22N4OS/c1-12-7-8-15(9-13(12)2)24-18-6-4-5-17(16(18)10-22-24)23-20(25)19-14(3)21-11-26-19/h7-11,17H,4-6H2,1-3H3,(H,23,25). The summed E-state index contributed by atoms with van der Waals surface area (Å²) in [4.78, 5) is 17.5. The Bertz CT molecular complexity index is 972. The SMILES string of the molecule is Cc1ccc(-n2ncc3c2CCCC3NC(=O)c2scnc2C)cc1C. The van der Waals surface area contributed by atoms with E-state index >= 15 is 0 Å². The van der Waals surface area contributed by atoms with Gasteiger partial charge in [-0.2, -0.15) is 5.10 Å². The van der Waals surface area contributed by atoms with Gasteiger partial charge in [-0.1, -0.05) is 6.07 Å². The Morgan fingerprint density at radius 1 is 1.27 bits per heavy atom. The molecule has 2 heterocycles. The second kappa shape index (κ2) is 6.68. The minimum atomic E-state index is -0.0400. The van der Waals surface area contributed by atoms with Gasteiger partial charge in [0, 0.05) is 11.3 Å². The van der Waals surface area contributed by atoms with Gasteiger partial charge in [-0.15, -0.1) is 11.3 Å². The van der Waals surface area contributed by atoms with Crippen molar-refractivity contribution in [3.05, 3.63) is 62.9 Å². The number of hydrogen-bond acceptors (Lipinski definition) is 4. The Kier molecular flexibility index (Phi) is 4.36. The van der Waals surface area contributed by atoms with Crippen molar-refractivity contribution in [1.82, 2.24) is 20.1 Å². The summed E-state index contributed by atoms with van der Waals surface area (Å²) < 4.78 is 2.03. The third-order valence-electron chi connectivity index (χ3n) is 5.18. The van der Waals surface area contributed by atoms with E-state index in [1.165, 1.54) is 28.2 Å². The highest BCUT2D eigenvalue weighted by atomic mass is 32.1. The van der Waals surface area contributed by atoms with Gasteiger partial charge in [0.1, 0.15) is 4.88 Å². The molecular formula is C20H22N4OS. The van der Waals surface area contributed by atoms with Crippen molar-refractivity contribution in [3.63, 3.8) is 0 Å². The highest BCUT2D eigenvalue weighted by molar-refractivity contribution is 7.11. The van der Waals surface area contributed by atoms with Crippen LogP contribution in [-0.2, 0) is 6.42 Å². The van der Waals surface area contributed by atoms with Crippen molar-refractivity contribution in [2.75, 3.05) is 0 Å². The fourth-order valence-electron chi connectivity index (χ4n) is 3.53. The molecular weight excluding hydrogens is 344 g/mol. The first-order chi connectivity index (χ1) is 12.5. The zero-order valence-electron chi connectivity index (χ0n) is 15.2. The number of aryl methyl sites for hydroxylation is 3. The molecule has 1 unspecified atom stereocenters. The van der Waals surface area contributed by atoms with Crippen LogP contribution < -0.4 is 5.32 Å². The molecule has 0 saturated carbocycles. The molecule has 0 bridgehead atoms. The summed E-state index contributed by atoms with van der Waals surface area (Å²) in [5, 5.41) is 7.81. The maximum atomic E-state index is 12.6. The molecule has 1 aromatic carbocycles. The lowest BCUT2D eigenvalue weighted by molar-refractivity contribution is 0.0936. The molecule has 3 aromatic rings. The number of rotatable bonds is 3. The lowest BCUT2D eigenvalue weighted by atomic mass is 9.92. The fraction of sp³-hybridized carbons (Fsp3) is 0.350. The summed E-state index contributed by atoms with van der Waals surface area (Å²) in [6.07, 6.45) is 4.87. The minimum absolute atomic E-state index is 0.00745. The molecule has 134 valence electrons. The van der Waals surface area contributed by atoms with Crippen LogP contribution in [0.25, 0.3) is 5.69 Å². The van der Waals surface area contributed by atoms with Crippen molar-refractivity contribution in [3.8, 4) is 5.69 Å². The first-order valence-corrected chi connectivity index (χ1v) is 9.78. The van der Waals surface area contributed by atoms with E-state index in [1.54, 1.807) is 5.51 Å². The second-order valence-corrected chi connectivity index (χ2v) is 7.77. The molecule has 1 amide bonds. The molecule has 1 aliphatic carbocycles. The maximum absolute atomic E-state index is 12.6. The minimum Gasteiger partial charge on any atom is -0.344 e. The number of carbonyl (C=O) groups excluding carboxylic acids is 1. The van der Waals surface area contributed by atoms with Crippen molar-refractivity contribution in [2.24, 2.45) is 0 Å². The molecule has 0 spiro atoms. The number of amides is 1. The van der Waals surface area contributed by atoms with Crippen LogP contribution >= 0.6 is 11.3 Å². The van der Waals surface area contributed by atoms with E-state index in [1.807, 2.05) is 17.8 Å². The lowest BCUT2D eigenvalue weighted by Gasteiger charge is -2.24. The summed E-state index contributed by atoms with van der Waals surface area (Å²) in [7, 11) is 0. The summed E-state index contributed by atoms with van der Waals surface area (Å²) >= 11 is 1.39. The van der Waals surface area contributed by atoms with Gasteiger partial charge in [-0.05, 0) is 63.3 Å². The second-order valence-electron chi connectivity index (χ2n) is 6.91. The van der Waals surface area contributed by atoms with E-state index in [0.29, 0.717) is 4.88 Å². The molecule has 0 radical (unpaired) electrons. The first-order valence-electron chi connectivity index (χ1n) is 8.90. The topological polar surface area (TPSA) is 59.8 Å². The predicted molar refractivity (Wildman–Crippen MR) is 103 cm³/mol. The van der Waals surface area contributed by atoms with E-state index < -0.39 is 0 Å². The quantitative estimate of drug-likeness (QED) is 0.760. The van der Waals surface area contributed by atoms with Crippen LogP contribution in [0.3, 0.4) is 0 Å². The number of nitrogens with one attached hydrogen (secondary N) is 1. The summed E-state index contributed by atoms with van der Waals surface area (Å²) in [5.41, 5.74) is 8.45. The maximum Gasteiger partial charge on any atom is 0.263 e. The van der Waals surface area contributed by atoms with Gasteiger partial charge in [0.05, 0.1) is 29.1 Å². The average Bonchev–Trinajstić information content (AvgIpc) is 3.24. The molecule has 0 saturated heterocycles. The van der Waals surface area contributed by atoms with Crippen LogP contribution in [0.2, 0.25) is 0 Å². The number of aromatic nitrogens is 3. The smallest absolute Gasteiger partial charge is 0.263 e. The lowest BCUT2D eigenvalue weighted by Crippen LogP contribution is -2.30. The molecule has 26 heavy (non-hydrogen) atoms. The van der Waals surface area contributed by atoms with Crippen LogP contribution in [0.1, 0.15) is 56.6 Å². The summed E-state index contributed by atoms with van der Waals surface area (Å²) in [5.74, 6) is -0.0400. The molecule has 2 aromatic heterocycles. The zero-order valence-corrected chi connectivity index (χ0v) is 16.1. The van der Waals surface area contributed by atoms with Gasteiger partial charge < -0.3 is 5.32 Å². The highest BCUT2D eigenvalue weighted by Crippen LogP contribution is 2.32. The van der Waals surface area contributed by atoms with E-state index in [0.717, 1.165) is 36.2 Å². The van der Waals surface area contributed by atoms with Crippen LogP contribution in [0, 0.1) is 20.8 Å². The van der Waals surface area contributed by atoms with E-state index in [2.05, 4.69) is 47.4 Å². The van der Waals surface area contributed by atoms with Crippen molar-refractivity contribution in [1.29, 1.82) is 0 Å². The Morgan fingerprint density at radius 3 is 2.85 bits per heavy atom. The number of nitrogens with zero attached hydrogens (tertiary/aromatic N) is 3. The van der Waals surface area contributed by atoms with Gasteiger partial charge in [0.25, 0.3) is 5.91 Å². The molecule has 6 heteroatoms. The number of fused-ring (bicyclic) bond motifs is 1. The van der Waals surface area contributed by atoms with E-state index in [4.69, 9.17) is 0 Å². The molecule has 1 atom stereocenters. The fourth-order valence-corrected chi connectivity index (χ4v) is 4.24. The normalized spacial score (nSPS) is 16.3. The summed E-state index contributed by atoms with van der Waals surface area (Å²) in [6, 6.07) is 6.42. The first kappa shape index (κ1) is 17.0. The molecule has 0 aliphatic heterocycles. The molecule has 1 N–H and O–H groups in total. The number of benzene rings is 1. The van der Waals surface area contributed by atoms with Crippen molar-refractivity contribution >= 4 is 17.2 Å². The van der Waals surface area contributed by atoms with E-state index in [-0.39, 0.29) is 11.9 Å². The van der Waals surface area contributed by atoms with Crippen LogP contribution in [0.5, 0.6) is 0 Å². The van der Waals surface area contributed by atoms with Gasteiger partial charge in [-0.25, -0.2) is 9.67 Å². The van der Waals surface area contributed by atoms with Gasteiger partial charge in [0.15, 0.2) is 0 Å². The van der Waals surface area contributed by atoms with Crippen molar-refractivity contribution < 1.29 is 4.79 Å². The largest absolute Gasteiger partial charge is 0.344 e. The molecule has 5 nitrogen and oxygen atoms in total. The van der Waals surface area contributed by atoms with Gasteiger partial charge in [-0.3, -0.25) is 4.79 Å². The Morgan fingerprint density at radius 2 is 2.12 bits per heavy atom. The average molecular weight is 366 g/mol. The monoisotopic (exact) mass is 366 g/mol. The van der Waals surface area contributed by atoms with E-state index in [9.17, 15) is 4.79 Å². The number of carbonyl (C=O) groups is 1. The molecule has 4 rings (SSSR count). The summed E-state index contributed by atoms with van der Waals surface area (Å²) in [6.45, 7) is 6.11. The highest BCUT2D eigenvalue weighted by Gasteiger charge is 2.27. The Hall–Kier alpha value is -2.47. The van der Waals surface area contributed by atoms with Crippen molar-refractivity contribution in [2.45, 2.75) is 46.1 Å². The van der Waals surface area contributed by atoms with Crippen LogP contribution in [0.4, 0.5) is 0 Å². The van der Waals surface area contributed by atoms with Crippen LogP contribution in [-0.4, -0.2) is 20.7 Å².